The molecule has 19 heavy (non-hydrogen) atoms. The molecule has 0 aromatic heterocycles. The smallest absolute Gasteiger partial charge is 0.0741 e. The Labute approximate surface area is 116 Å². The molecule has 0 bridgehead atoms. The first-order valence-corrected chi connectivity index (χ1v) is 7.30. The lowest BCUT2D eigenvalue weighted by Gasteiger charge is -2.26. The number of aliphatic hydroxyl groups is 1. The van der Waals surface area contributed by atoms with Crippen molar-refractivity contribution in [3.05, 3.63) is 29.8 Å². The molecule has 0 spiro atoms. The van der Waals surface area contributed by atoms with E-state index in [4.69, 9.17) is 5.73 Å². The predicted molar refractivity (Wildman–Crippen MR) is 80.5 cm³/mol. The van der Waals surface area contributed by atoms with E-state index in [0.29, 0.717) is 12.6 Å². The van der Waals surface area contributed by atoms with Crippen LogP contribution in [0.25, 0.3) is 0 Å². The van der Waals surface area contributed by atoms with Crippen LogP contribution in [0.1, 0.15) is 38.7 Å². The number of unbranched alkanes of at least 4 members (excludes halogenated alkanes) is 1. The number of para-hydroxylation sites is 1. The van der Waals surface area contributed by atoms with Crippen molar-refractivity contribution >= 4 is 5.69 Å². The van der Waals surface area contributed by atoms with Crippen LogP contribution in [-0.4, -0.2) is 29.8 Å². The molecule has 0 amide bonds. The van der Waals surface area contributed by atoms with Gasteiger partial charge < -0.3 is 15.7 Å². The molecule has 1 aliphatic heterocycles. The molecule has 2 atom stereocenters. The van der Waals surface area contributed by atoms with Gasteiger partial charge in [0.05, 0.1) is 5.60 Å². The molecular formula is C16H26N2O. The average molecular weight is 262 g/mol. The van der Waals surface area contributed by atoms with Crippen LogP contribution in [-0.2, 0) is 6.42 Å². The highest BCUT2D eigenvalue weighted by atomic mass is 16.3. The van der Waals surface area contributed by atoms with Crippen molar-refractivity contribution in [1.29, 1.82) is 0 Å². The molecular weight excluding hydrogens is 236 g/mol. The second-order valence-electron chi connectivity index (χ2n) is 6.03. The summed E-state index contributed by atoms with van der Waals surface area (Å²) in [5.41, 5.74) is 7.69. The van der Waals surface area contributed by atoms with Crippen molar-refractivity contribution in [2.24, 2.45) is 5.73 Å². The van der Waals surface area contributed by atoms with Crippen molar-refractivity contribution in [2.45, 2.75) is 51.2 Å². The Hall–Kier alpha value is -1.06. The van der Waals surface area contributed by atoms with Crippen LogP contribution in [0.3, 0.4) is 0 Å². The molecule has 2 unspecified atom stereocenters. The summed E-state index contributed by atoms with van der Waals surface area (Å²) < 4.78 is 0. The lowest BCUT2D eigenvalue weighted by Crippen LogP contribution is -2.34. The van der Waals surface area contributed by atoms with Crippen LogP contribution in [0.4, 0.5) is 5.69 Å². The molecule has 0 radical (unpaired) electrons. The minimum absolute atomic E-state index is 0.343. The molecule has 0 fully saturated rings. The average Bonchev–Trinajstić information content (AvgIpc) is 2.71. The molecule has 3 nitrogen and oxygen atoms in total. The van der Waals surface area contributed by atoms with Gasteiger partial charge in [0.25, 0.3) is 0 Å². The maximum Gasteiger partial charge on any atom is 0.0741 e. The van der Waals surface area contributed by atoms with Gasteiger partial charge >= 0.3 is 0 Å². The largest absolute Gasteiger partial charge is 0.389 e. The molecule has 106 valence electrons. The van der Waals surface area contributed by atoms with Gasteiger partial charge in [-0.2, -0.15) is 0 Å². The minimum atomic E-state index is -0.700. The molecule has 1 heterocycles. The van der Waals surface area contributed by atoms with Crippen LogP contribution in [0, 0.1) is 0 Å². The highest BCUT2D eigenvalue weighted by Gasteiger charge is 2.25. The second kappa shape index (κ2) is 5.93. The maximum atomic E-state index is 9.89. The molecule has 1 aliphatic rings. The van der Waals surface area contributed by atoms with E-state index in [9.17, 15) is 5.11 Å². The summed E-state index contributed by atoms with van der Waals surface area (Å²) in [4.78, 5) is 2.49. The number of nitrogens with two attached hydrogens (primary N) is 1. The molecule has 1 aromatic carbocycles. The van der Waals surface area contributed by atoms with Crippen molar-refractivity contribution in [3.63, 3.8) is 0 Å². The number of benzene rings is 1. The topological polar surface area (TPSA) is 49.5 Å². The van der Waals surface area contributed by atoms with E-state index >= 15 is 0 Å². The van der Waals surface area contributed by atoms with Gasteiger partial charge in [-0.25, -0.2) is 0 Å². The van der Waals surface area contributed by atoms with Crippen molar-refractivity contribution in [3.8, 4) is 0 Å². The van der Waals surface area contributed by atoms with Gasteiger partial charge in [-0.1, -0.05) is 18.2 Å². The summed E-state index contributed by atoms with van der Waals surface area (Å²) in [6, 6.07) is 9.27. The highest BCUT2D eigenvalue weighted by Crippen LogP contribution is 2.31. The predicted octanol–water partition coefficient (Wildman–Crippen LogP) is 2.32. The summed E-state index contributed by atoms with van der Waals surface area (Å²) >= 11 is 0. The third-order valence-electron chi connectivity index (χ3n) is 4.15. The highest BCUT2D eigenvalue weighted by molar-refractivity contribution is 5.59. The van der Waals surface area contributed by atoms with Crippen LogP contribution >= 0.6 is 0 Å². The number of fused-ring (bicyclic) bond motifs is 1. The maximum absolute atomic E-state index is 9.89. The normalized spacial score (nSPS) is 21.3. The molecule has 3 heteroatoms. The Morgan fingerprint density at radius 1 is 1.37 bits per heavy atom. The van der Waals surface area contributed by atoms with Crippen molar-refractivity contribution in [1.82, 2.24) is 0 Å². The third-order valence-corrected chi connectivity index (χ3v) is 4.15. The Morgan fingerprint density at radius 3 is 2.84 bits per heavy atom. The number of nitrogens with zero attached hydrogens (tertiary/aromatic N) is 1. The van der Waals surface area contributed by atoms with E-state index in [1.165, 1.54) is 11.3 Å². The molecule has 3 N–H and O–H groups in total. The van der Waals surface area contributed by atoms with E-state index < -0.39 is 5.60 Å². The van der Waals surface area contributed by atoms with Crippen molar-refractivity contribution < 1.29 is 5.11 Å². The Balaban J connectivity index is 1.84. The monoisotopic (exact) mass is 262 g/mol. The number of anilines is 1. The summed E-state index contributed by atoms with van der Waals surface area (Å²) in [5.74, 6) is 0. The fourth-order valence-corrected chi connectivity index (χ4v) is 2.86. The van der Waals surface area contributed by atoms with E-state index in [-0.39, 0.29) is 0 Å². The fraction of sp³-hybridized carbons (Fsp3) is 0.625. The lowest BCUT2D eigenvalue weighted by atomic mass is 9.99. The first kappa shape index (κ1) is 14.4. The van der Waals surface area contributed by atoms with E-state index in [1.807, 2.05) is 6.92 Å². The lowest BCUT2D eigenvalue weighted by molar-refractivity contribution is 0.0574. The SMILES string of the molecule is CC1Cc2ccccc2N1CCCCC(C)(O)CN. The van der Waals surface area contributed by atoms with Gasteiger partial charge in [-0.3, -0.25) is 0 Å². The molecule has 0 saturated heterocycles. The number of hydrogen-bond acceptors (Lipinski definition) is 3. The zero-order valence-electron chi connectivity index (χ0n) is 12.1. The van der Waals surface area contributed by atoms with Gasteiger partial charge in [0.15, 0.2) is 0 Å². The first-order chi connectivity index (χ1) is 9.03. The molecule has 0 saturated carbocycles. The number of hydrogen-bond donors (Lipinski definition) is 2. The second-order valence-corrected chi connectivity index (χ2v) is 6.03. The Bertz CT molecular complexity index is 417. The van der Waals surface area contributed by atoms with Gasteiger partial charge in [-0.05, 0) is 51.2 Å². The zero-order chi connectivity index (χ0) is 13.9. The zero-order valence-corrected chi connectivity index (χ0v) is 12.1. The Morgan fingerprint density at radius 2 is 2.11 bits per heavy atom. The van der Waals surface area contributed by atoms with Crippen LogP contribution in [0.15, 0.2) is 24.3 Å². The van der Waals surface area contributed by atoms with Gasteiger partial charge in [0, 0.05) is 24.8 Å². The van der Waals surface area contributed by atoms with Crippen LogP contribution in [0.2, 0.25) is 0 Å². The summed E-state index contributed by atoms with van der Waals surface area (Å²) in [5, 5.41) is 9.89. The summed E-state index contributed by atoms with van der Waals surface area (Å²) in [6.07, 6.45) is 4.06. The molecule has 0 aliphatic carbocycles. The van der Waals surface area contributed by atoms with Crippen LogP contribution in [0.5, 0.6) is 0 Å². The third kappa shape index (κ3) is 3.48. The first-order valence-electron chi connectivity index (χ1n) is 7.30. The molecule has 1 aromatic rings. The summed E-state index contributed by atoms with van der Waals surface area (Å²) in [6.45, 7) is 5.52. The van der Waals surface area contributed by atoms with E-state index in [1.54, 1.807) is 0 Å². The minimum Gasteiger partial charge on any atom is -0.389 e. The molecule has 2 rings (SSSR count). The van der Waals surface area contributed by atoms with Gasteiger partial charge in [0.1, 0.15) is 0 Å². The van der Waals surface area contributed by atoms with Gasteiger partial charge in [-0.15, -0.1) is 0 Å². The van der Waals surface area contributed by atoms with Crippen LogP contribution < -0.4 is 10.6 Å². The van der Waals surface area contributed by atoms with E-state index in [2.05, 4.69) is 36.1 Å². The van der Waals surface area contributed by atoms with E-state index in [0.717, 1.165) is 32.2 Å². The number of rotatable bonds is 6. The Kier molecular flexibility index (Phi) is 4.48. The van der Waals surface area contributed by atoms with Crippen molar-refractivity contribution in [2.75, 3.05) is 18.0 Å². The standard InChI is InChI=1S/C16H26N2O/c1-13-11-14-7-3-4-8-15(14)18(13)10-6-5-9-16(2,19)12-17/h3-4,7-8,13,19H,5-6,9-12,17H2,1-2H3. The van der Waals surface area contributed by atoms with Gasteiger partial charge in [0.2, 0.25) is 0 Å². The quantitative estimate of drug-likeness (QED) is 0.774. The fourth-order valence-electron chi connectivity index (χ4n) is 2.86. The summed E-state index contributed by atoms with van der Waals surface area (Å²) in [7, 11) is 0.